The highest BCUT2D eigenvalue weighted by Gasteiger charge is 2.17. The molecular formula is C19H11Cl4N3O2. The van der Waals surface area contributed by atoms with Gasteiger partial charge in [0.1, 0.15) is 5.82 Å². The van der Waals surface area contributed by atoms with Crippen molar-refractivity contribution < 1.29 is 9.59 Å². The van der Waals surface area contributed by atoms with Crippen molar-refractivity contribution in [2.75, 3.05) is 5.32 Å². The normalized spacial score (nSPS) is 10.4. The Morgan fingerprint density at radius 2 is 1.46 bits per heavy atom. The molecule has 3 aromatic rings. The number of anilines is 1. The number of carbonyl (C=O) groups is 2. The minimum atomic E-state index is -0.768. The molecular weight excluding hydrogens is 444 g/mol. The molecule has 0 radical (unpaired) electrons. The molecule has 2 N–H and O–H groups in total. The van der Waals surface area contributed by atoms with Crippen molar-refractivity contribution in [3.8, 4) is 11.1 Å². The lowest BCUT2D eigenvalue weighted by molar-refractivity contribution is 0.0967. The van der Waals surface area contributed by atoms with Crippen molar-refractivity contribution in [2.45, 2.75) is 0 Å². The first-order chi connectivity index (χ1) is 13.3. The third-order valence-electron chi connectivity index (χ3n) is 3.67. The molecule has 0 atom stereocenters. The number of nitrogens with zero attached hydrogens (tertiary/aromatic N) is 1. The number of halogens is 4. The average molecular weight is 455 g/mol. The first-order valence-corrected chi connectivity index (χ1v) is 9.34. The first-order valence-electron chi connectivity index (χ1n) is 7.83. The molecule has 1 aromatic heterocycles. The SMILES string of the molecule is O=C(NC(=O)c1c(Cl)cccc1Cl)Nc1ccc(-c2ccc(Cl)c(Cl)c2)cn1. The summed E-state index contributed by atoms with van der Waals surface area (Å²) in [5, 5.41) is 5.79. The van der Waals surface area contributed by atoms with Gasteiger partial charge in [-0.15, -0.1) is 0 Å². The molecule has 142 valence electrons. The highest BCUT2D eigenvalue weighted by Crippen LogP contribution is 2.28. The standard InChI is InChI=1S/C19H11Cl4N3O2/c20-12-6-4-10(8-15(12)23)11-5-7-16(24-9-11)25-19(28)26-18(27)17-13(21)2-1-3-14(17)22/h1-9H,(H2,24,25,26,27,28). The molecule has 0 aliphatic rings. The molecule has 0 bridgehead atoms. The van der Waals surface area contributed by atoms with Crippen molar-refractivity contribution in [1.29, 1.82) is 0 Å². The van der Waals surface area contributed by atoms with E-state index in [0.29, 0.717) is 10.0 Å². The predicted molar refractivity (Wildman–Crippen MR) is 113 cm³/mol. The molecule has 28 heavy (non-hydrogen) atoms. The summed E-state index contributed by atoms with van der Waals surface area (Å²) in [6.45, 7) is 0. The summed E-state index contributed by atoms with van der Waals surface area (Å²) in [5.41, 5.74) is 1.62. The molecule has 0 fully saturated rings. The highest BCUT2D eigenvalue weighted by atomic mass is 35.5. The van der Waals surface area contributed by atoms with Crippen LogP contribution in [0.1, 0.15) is 10.4 Å². The number of nitrogens with one attached hydrogen (secondary N) is 2. The molecule has 0 saturated carbocycles. The smallest absolute Gasteiger partial charge is 0.292 e. The van der Waals surface area contributed by atoms with Crippen molar-refractivity contribution in [2.24, 2.45) is 0 Å². The Labute approximate surface area is 180 Å². The van der Waals surface area contributed by atoms with Gasteiger partial charge in [0, 0.05) is 11.8 Å². The zero-order valence-electron chi connectivity index (χ0n) is 14.0. The summed E-state index contributed by atoms with van der Waals surface area (Å²) in [7, 11) is 0. The fourth-order valence-electron chi connectivity index (χ4n) is 2.34. The average Bonchev–Trinajstić information content (AvgIpc) is 2.64. The van der Waals surface area contributed by atoms with E-state index in [2.05, 4.69) is 15.6 Å². The predicted octanol–water partition coefficient (Wildman–Crippen LogP) is 6.32. The minimum absolute atomic E-state index is 0.0175. The molecule has 9 heteroatoms. The Balaban J connectivity index is 1.67. The Morgan fingerprint density at radius 3 is 2.07 bits per heavy atom. The molecule has 1 heterocycles. The van der Waals surface area contributed by atoms with Crippen LogP contribution in [0.3, 0.4) is 0 Å². The van der Waals surface area contributed by atoms with Gasteiger partial charge in [0.25, 0.3) is 5.91 Å². The molecule has 0 unspecified atom stereocenters. The number of urea groups is 1. The van der Waals surface area contributed by atoms with Gasteiger partial charge in [-0.2, -0.15) is 0 Å². The van der Waals surface area contributed by atoms with Gasteiger partial charge in [-0.3, -0.25) is 15.4 Å². The third kappa shape index (κ3) is 4.75. The van der Waals surface area contributed by atoms with Crippen molar-refractivity contribution in [1.82, 2.24) is 10.3 Å². The summed E-state index contributed by atoms with van der Waals surface area (Å²) in [6.07, 6.45) is 1.56. The van der Waals surface area contributed by atoms with Gasteiger partial charge in [-0.1, -0.05) is 58.5 Å². The number of pyridine rings is 1. The van der Waals surface area contributed by atoms with E-state index < -0.39 is 11.9 Å². The number of benzene rings is 2. The van der Waals surface area contributed by atoms with E-state index in [1.54, 1.807) is 42.6 Å². The van der Waals surface area contributed by atoms with Crippen LogP contribution in [0.15, 0.2) is 54.7 Å². The Hall–Kier alpha value is -2.31. The van der Waals surface area contributed by atoms with Gasteiger partial charge in [0.05, 0.1) is 25.7 Å². The lowest BCUT2D eigenvalue weighted by Gasteiger charge is -2.09. The fourth-order valence-corrected chi connectivity index (χ4v) is 3.21. The maximum Gasteiger partial charge on any atom is 0.327 e. The van der Waals surface area contributed by atoms with Crippen LogP contribution in [-0.2, 0) is 0 Å². The van der Waals surface area contributed by atoms with E-state index >= 15 is 0 Å². The molecule has 0 saturated heterocycles. The summed E-state index contributed by atoms with van der Waals surface area (Å²) in [6, 6.07) is 12.4. The topological polar surface area (TPSA) is 71.1 Å². The van der Waals surface area contributed by atoms with Crippen LogP contribution < -0.4 is 10.6 Å². The lowest BCUT2D eigenvalue weighted by Crippen LogP contribution is -2.34. The molecule has 5 nitrogen and oxygen atoms in total. The lowest BCUT2D eigenvalue weighted by atomic mass is 10.1. The van der Waals surface area contributed by atoms with Gasteiger partial charge >= 0.3 is 6.03 Å². The van der Waals surface area contributed by atoms with Crippen LogP contribution in [-0.4, -0.2) is 16.9 Å². The molecule has 0 aliphatic carbocycles. The van der Waals surface area contributed by atoms with Crippen molar-refractivity contribution in [3.05, 3.63) is 80.4 Å². The maximum atomic E-state index is 12.2. The van der Waals surface area contributed by atoms with E-state index in [4.69, 9.17) is 46.4 Å². The minimum Gasteiger partial charge on any atom is -0.292 e. The van der Waals surface area contributed by atoms with Crippen molar-refractivity contribution in [3.63, 3.8) is 0 Å². The number of hydrogen-bond donors (Lipinski definition) is 2. The first kappa shape index (κ1) is 20.4. The Morgan fingerprint density at radius 1 is 0.786 bits per heavy atom. The number of rotatable bonds is 3. The Bertz CT molecular complexity index is 1040. The summed E-state index contributed by atoms with van der Waals surface area (Å²) >= 11 is 23.8. The Kier molecular flexibility index (Phi) is 6.42. The highest BCUT2D eigenvalue weighted by molar-refractivity contribution is 6.42. The van der Waals surface area contributed by atoms with Crippen LogP contribution in [0.4, 0.5) is 10.6 Å². The second kappa shape index (κ2) is 8.80. The third-order valence-corrected chi connectivity index (χ3v) is 5.04. The van der Waals surface area contributed by atoms with Crippen LogP contribution in [0.2, 0.25) is 20.1 Å². The van der Waals surface area contributed by atoms with Gasteiger partial charge in [-0.05, 0) is 42.0 Å². The zero-order chi connectivity index (χ0) is 20.3. The second-order valence-corrected chi connectivity index (χ2v) is 7.19. The van der Waals surface area contributed by atoms with E-state index in [-0.39, 0.29) is 21.4 Å². The van der Waals surface area contributed by atoms with Crippen LogP contribution in [0.5, 0.6) is 0 Å². The van der Waals surface area contributed by atoms with Crippen LogP contribution in [0, 0.1) is 0 Å². The number of amides is 3. The van der Waals surface area contributed by atoms with Crippen LogP contribution >= 0.6 is 46.4 Å². The van der Waals surface area contributed by atoms with E-state index in [1.807, 2.05) is 0 Å². The molecule has 2 aromatic carbocycles. The molecule has 3 rings (SSSR count). The summed E-state index contributed by atoms with van der Waals surface area (Å²) in [5.74, 6) is -0.472. The van der Waals surface area contributed by atoms with Gasteiger partial charge in [0.15, 0.2) is 0 Å². The van der Waals surface area contributed by atoms with Crippen LogP contribution in [0.25, 0.3) is 11.1 Å². The quantitative estimate of drug-likeness (QED) is 0.486. The largest absolute Gasteiger partial charge is 0.327 e. The second-order valence-electron chi connectivity index (χ2n) is 5.57. The number of hydrogen-bond acceptors (Lipinski definition) is 3. The number of aromatic nitrogens is 1. The van der Waals surface area contributed by atoms with Gasteiger partial charge in [-0.25, -0.2) is 9.78 Å². The summed E-state index contributed by atoms with van der Waals surface area (Å²) in [4.78, 5) is 28.4. The van der Waals surface area contributed by atoms with Gasteiger partial charge < -0.3 is 0 Å². The zero-order valence-corrected chi connectivity index (χ0v) is 17.0. The fraction of sp³-hybridized carbons (Fsp3) is 0. The van der Waals surface area contributed by atoms with Gasteiger partial charge in [0.2, 0.25) is 0 Å². The molecule has 0 spiro atoms. The van der Waals surface area contributed by atoms with E-state index in [0.717, 1.165) is 11.1 Å². The summed E-state index contributed by atoms with van der Waals surface area (Å²) < 4.78 is 0. The number of imide groups is 1. The van der Waals surface area contributed by atoms with E-state index in [9.17, 15) is 9.59 Å². The van der Waals surface area contributed by atoms with Crippen molar-refractivity contribution >= 4 is 64.2 Å². The molecule has 3 amide bonds. The monoisotopic (exact) mass is 453 g/mol. The number of carbonyl (C=O) groups excluding carboxylic acids is 2. The van der Waals surface area contributed by atoms with E-state index in [1.165, 1.54) is 12.1 Å². The maximum absolute atomic E-state index is 12.2. The molecule has 0 aliphatic heterocycles.